The lowest BCUT2D eigenvalue weighted by Crippen LogP contribution is -2.21. The second-order valence-corrected chi connectivity index (χ2v) is 5.39. The molecule has 0 spiro atoms. The Balaban J connectivity index is 1.89. The Kier molecular flexibility index (Phi) is 4.23. The van der Waals surface area contributed by atoms with E-state index in [0.29, 0.717) is 6.04 Å². The molecule has 0 saturated heterocycles. The molecule has 3 heteroatoms. The Morgan fingerprint density at radius 3 is 2.78 bits per heavy atom. The fourth-order valence-electron chi connectivity index (χ4n) is 2.93. The van der Waals surface area contributed by atoms with Crippen LogP contribution in [0.4, 0.5) is 0 Å². The van der Waals surface area contributed by atoms with Crippen LogP contribution in [0.15, 0.2) is 11.6 Å². The molecule has 0 bridgehead atoms. The molecule has 18 heavy (non-hydrogen) atoms. The topological polar surface area (TPSA) is 29.9 Å². The average Bonchev–Trinajstić information content (AvgIpc) is 2.89. The third kappa shape index (κ3) is 2.83. The minimum Gasteiger partial charge on any atom is -0.310 e. The van der Waals surface area contributed by atoms with Crippen LogP contribution in [0, 0.1) is 13.8 Å². The normalized spacial score (nSPS) is 17.0. The van der Waals surface area contributed by atoms with E-state index in [1.807, 2.05) is 11.7 Å². The molecule has 0 radical (unpaired) electrons. The number of nitrogens with one attached hydrogen (secondary N) is 1. The molecule has 1 heterocycles. The van der Waals surface area contributed by atoms with E-state index in [4.69, 9.17) is 0 Å². The molecular formula is C15H25N3. The highest BCUT2D eigenvalue weighted by molar-refractivity contribution is 5.27. The first kappa shape index (κ1) is 13.3. The van der Waals surface area contributed by atoms with Crippen LogP contribution >= 0.6 is 0 Å². The van der Waals surface area contributed by atoms with E-state index in [1.165, 1.54) is 36.9 Å². The predicted molar refractivity (Wildman–Crippen MR) is 75.7 cm³/mol. The first-order valence-corrected chi connectivity index (χ1v) is 7.01. The van der Waals surface area contributed by atoms with Crippen molar-refractivity contribution in [1.29, 1.82) is 0 Å². The number of hydrogen-bond donors (Lipinski definition) is 1. The van der Waals surface area contributed by atoms with Crippen molar-refractivity contribution in [2.24, 2.45) is 7.05 Å². The van der Waals surface area contributed by atoms with Gasteiger partial charge in [-0.05, 0) is 53.0 Å². The molecule has 1 aromatic rings. The third-order valence-corrected chi connectivity index (χ3v) is 4.03. The number of aryl methyl sites for hydroxylation is 2. The van der Waals surface area contributed by atoms with Gasteiger partial charge in [-0.1, -0.05) is 11.6 Å². The van der Waals surface area contributed by atoms with Gasteiger partial charge >= 0.3 is 0 Å². The molecule has 1 unspecified atom stereocenters. The number of nitrogens with zero attached hydrogens (tertiary/aromatic N) is 2. The van der Waals surface area contributed by atoms with Crippen molar-refractivity contribution in [2.45, 2.75) is 52.5 Å². The molecular weight excluding hydrogens is 222 g/mol. The number of aromatic nitrogens is 2. The highest BCUT2D eigenvalue weighted by atomic mass is 15.3. The lowest BCUT2D eigenvalue weighted by molar-refractivity contribution is 0.567. The van der Waals surface area contributed by atoms with Gasteiger partial charge in [0.1, 0.15) is 0 Å². The zero-order valence-corrected chi connectivity index (χ0v) is 12.1. The molecule has 1 aliphatic rings. The highest BCUT2D eigenvalue weighted by Gasteiger charge is 2.15. The molecule has 0 amide bonds. The van der Waals surface area contributed by atoms with Crippen LogP contribution in [0.3, 0.4) is 0 Å². The number of rotatable bonds is 5. The van der Waals surface area contributed by atoms with Crippen LogP contribution in [0.5, 0.6) is 0 Å². The lowest BCUT2D eigenvalue weighted by Gasteiger charge is -2.15. The molecule has 0 aromatic carbocycles. The van der Waals surface area contributed by atoms with Crippen LogP contribution < -0.4 is 5.32 Å². The van der Waals surface area contributed by atoms with E-state index < -0.39 is 0 Å². The Morgan fingerprint density at radius 1 is 1.44 bits per heavy atom. The smallest absolute Gasteiger partial charge is 0.0644 e. The van der Waals surface area contributed by atoms with Crippen LogP contribution in [-0.4, -0.2) is 16.3 Å². The van der Waals surface area contributed by atoms with Gasteiger partial charge in [0.15, 0.2) is 0 Å². The highest BCUT2D eigenvalue weighted by Crippen LogP contribution is 2.22. The summed E-state index contributed by atoms with van der Waals surface area (Å²) in [5.74, 6) is 0. The van der Waals surface area contributed by atoms with Crippen molar-refractivity contribution >= 4 is 0 Å². The molecule has 2 rings (SSSR count). The molecule has 0 fully saturated rings. The predicted octanol–water partition coefficient (Wildman–Crippen LogP) is 3.19. The van der Waals surface area contributed by atoms with E-state index in [-0.39, 0.29) is 0 Å². The van der Waals surface area contributed by atoms with Crippen molar-refractivity contribution in [2.75, 3.05) is 6.54 Å². The van der Waals surface area contributed by atoms with E-state index in [1.54, 1.807) is 5.57 Å². The molecule has 1 atom stereocenters. The summed E-state index contributed by atoms with van der Waals surface area (Å²) in [6, 6.07) is 0.390. The van der Waals surface area contributed by atoms with E-state index in [2.05, 4.69) is 37.3 Å². The third-order valence-electron chi connectivity index (χ3n) is 4.03. The van der Waals surface area contributed by atoms with Crippen LogP contribution in [0.1, 0.15) is 55.6 Å². The van der Waals surface area contributed by atoms with Crippen LogP contribution in [0.25, 0.3) is 0 Å². The maximum atomic E-state index is 4.48. The summed E-state index contributed by atoms with van der Waals surface area (Å²) in [5.41, 5.74) is 5.41. The Labute approximate surface area is 110 Å². The summed E-state index contributed by atoms with van der Waals surface area (Å²) in [6.07, 6.45) is 7.55. The molecule has 1 aliphatic carbocycles. The minimum atomic E-state index is 0.390. The molecule has 0 saturated carbocycles. The average molecular weight is 247 g/mol. The molecule has 0 aliphatic heterocycles. The van der Waals surface area contributed by atoms with Crippen molar-refractivity contribution in [3.05, 3.63) is 28.6 Å². The molecule has 1 N–H and O–H groups in total. The molecule has 1 aromatic heterocycles. The van der Waals surface area contributed by atoms with Crippen molar-refractivity contribution in [3.8, 4) is 0 Å². The van der Waals surface area contributed by atoms with Crippen molar-refractivity contribution in [1.82, 2.24) is 15.1 Å². The Morgan fingerprint density at radius 2 is 2.22 bits per heavy atom. The van der Waals surface area contributed by atoms with Crippen LogP contribution in [0.2, 0.25) is 0 Å². The maximum Gasteiger partial charge on any atom is 0.0644 e. The second kappa shape index (κ2) is 5.70. The monoisotopic (exact) mass is 247 g/mol. The van der Waals surface area contributed by atoms with Gasteiger partial charge in [-0.25, -0.2) is 0 Å². The maximum absolute atomic E-state index is 4.48. The fraction of sp³-hybridized carbons (Fsp3) is 0.667. The summed E-state index contributed by atoms with van der Waals surface area (Å²) in [7, 11) is 2.02. The summed E-state index contributed by atoms with van der Waals surface area (Å²) in [5, 5.41) is 8.11. The van der Waals surface area contributed by atoms with E-state index >= 15 is 0 Å². The standard InChI is InChI=1S/C15H25N3/c1-11(15-12(2)17-18(4)13(15)3)16-10-9-14-7-5-6-8-14/h7,11,16H,5-6,8-10H2,1-4H3. The molecule has 100 valence electrons. The number of allylic oxidation sites excluding steroid dienone is 1. The van der Waals surface area contributed by atoms with Gasteiger partial charge in [0.2, 0.25) is 0 Å². The summed E-state index contributed by atoms with van der Waals surface area (Å²) in [6.45, 7) is 7.55. The number of hydrogen-bond acceptors (Lipinski definition) is 2. The van der Waals surface area contributed by atoms with Crippen molar-refractivity contribution in [3.63, 3.8) is 0 Å². The van der Waals surface area contributed by atoms with E-state index in [0.717, 1.165) is 12.2 Å². The fourth-order valence-corrected chi connectivity index (χ4v) is 2.93. The van der Waals surface area contributed by atoms with E-state index in [9.17, 15) is 0 Å². The van der Waals surface area contributed by atoms with Gasteiger partial charge in [0, 0.05) is 24.3 Å². The van der Waals surface area contributed by atoms with Gasteiger partial charge in [0.25, 0.3) is 0 Å². The zero-order valence-electron chi connectivity index (χ0n) is 12.1. The molecule has 3 nitrogen and oxygen atoms in total. The minimum absolute atomic E-state index is 0.390. The largest absolute Gasteiger partial charge is 0.310 e. The summed E-state index contributed by atoms with van der Waals surface area (Å²) >= 11 is 0. The van der Waals surface area contributed by atoms with Gasteiger partial charge in [0.05, 0.1) is 5.69 Å². The Hall–Kier alpha value is -1.09. The van der Waals surface area contributed by atoms with Gasteiger partial charge in [-0.15, -0.1) is 0 Å². The first-order valence-electron chi connectivity index (χ1n) is 7.01. The van der Waals surface area contributed by atoms with Gasteiger partial charge in [-0.2, -0.15) is 5.10 Å². The quantitative estimate of drug-likeness (QED) is 0.810. The van der Waals surface area contributed by atoms with Crippen molar-refractivity contribution < 1.29 is 0 Å². The summed E-state index contributed by atoms with van der Waals surface area (Å²) in [4.78, 5) is 0. The SMILES string of the molecule is Cc1nn(C)c(C)c1C(C)NCCC1=CCCC1. The van der Waals surface area contributed by atoms with Gasteiger partial charge < -0.3 is 5.32 Å². The van der Waals surface area contributed by atoms with Crippen LogP contribution in [-0.2, 0) is 7.05 Å². The Bertz CT molecular complexity index is 443. The first-order chi connectivity index (χ1) is 8.59. The van der Waals surface area contributed by atoms with Gasteiger partial charge in [-0.3, -0.25) is 4.68 Å². The summed E-state index contributed by atoms with van der Waals surface area (Å²) < 4.78 is 1.97. The lowest BCUT2D eigenvalue weighted by atomic mass is 10.1. The zero-order chi connectivity index (χ0) is 13.1. The second-order valence-electron chi connectivity index (χ2n) is 5.39.